The van der Waals surface area contributed by atoms with Gasteiger partial charge in [-0.1, -0.05) is 23.7 Å². The van der Waals surface area contributed by atoms with E-state index in [1.165, 1.54) is 0 Å². The summed E-state index contributed by atoms with van der Waals surface area (Å²) >= 11 is 5.95. The molecule has 1 unspecified atom stereocenters. The lowest BCUT2D eigenvalue weighted by Gasteiger charge is -2.15. The SMILES string of the molecule is CNCCCNC(=O)C(C)Oc1ccccc1Cl.Cl. The maximum absolute atomic E-state index is 11.7. The van der Waals surface area contributed by atoms with Crippen LogP contribution in [-0.4, -0.2) is 32.1 Å². The van der Waals surface area contributed by atoms with Gasteiger partial charge in [0, 0.05) is 6.54 Å². The van der Waals surface area contributed by atoms with Crippen LogP contribution in [0.25, 0.3) is 0 Å². The van der Waals surface area contributed by atoms with Gasteiger partial charge in [-0.15, -0.1) is 12.4 Å². The fourth-order valence-corrected chi connectivity index (χ4v) is 1.59. The van der Waals surface area contributed by atoms with Crippen LogP contribution >= 0.6 is 24.0 Å². The largest absolute Gasteiger partial charge is 0.479 e. The molecule has 0 spiro atoms. The molecule has 1 aromatic carbocycles. The smallest absolute Gasteiger partial charge is 0.260 e. The molecule has 0 bridgehead atoms. The van der Waals surface area contributed by atoms with Crippen LogP contribution in [0.2, 0.25) is 5.02 Å². The monoisotopic (exact) mass is 306 g/mol. The molecule has 0 aliphatic carbocycles. The van der Waals surface area contributed by atoms with Crippen molar-refractivity contribution in [3.63, 3.8) is 0 Å². The fourth-order valence-electron chi connectivity index (χ4n) is 1.40. The number of carbonyl (C=O) groups excluding carboxylic acids is 1. The zero-order chi connectivity index (χ0) is 13.4. The Bertz CT molecular complexity index is 389. The van der Waals surface area contributed by atoms with E-state index in [1.807, 2.05) is 19.2 Å². The molecule has 0 aliphatic heterocycles. The third-order valence-electron chi connectivity index (χ3n) is 2.41. The lowest BCUT2D eigenvalue weighted by molar-refractivity contribution is -0.127. The number of rotatable bonds is 7. The number of para-hydroxylation sites is 1. The van der Waals surface area contributed by atoms with Crippen molar-refractivity contribution < 1.29 is 9.53 Å². The van der Waals surface area contributed by atoms with Gasteiger partial charge in [0.1, 0.15) is 5.75 Å². The summed E-state index contributed by atoms with van der Waals surface area (Å²) in [6, 6.07) is 7.11. The predicted octanol–water partition coefficient (Wildman–Crippen LogP) is 2.25. The molecular formula is C13H20Cl2N2O2. The van der Waals surface area contributed by atoms with Gasteiger partial charge >= 0.3 is 0 Å². The lowest BCUT2D eigenvalue weighted by atomic mass is 10.3. The minimum absolute atomic E-state index is 0. The number of halogens is 2. The number of benzene rings is 1. The summed E-state index contributed by atoms with van der Waals surface area (Å²) in [5.74, 6) is 0.392. The van der Waals surface area contributed by atoms with Gasteiger partial charge in [0.05, 0.1) is 5.02 Å². The highest BCUT2D eigenvalue weighted by atomic mass is 35.5. The summed E-state index contributed by atoms with van der Waals surface area (Å²) in [6.07, 6.45) is 0.334. The Labute approximate surface area is 125 Å². The van der Waals surface area contributed by atoms with Crippen molar-refractivity contribution in [3.8, 4) is 5.75 Å². The minimum atomic E-state index is -0.556. The standard InChI is InChI=1S/C13H19ClN2O2.ClH/c1-10(13(17)16-9-5-8-15-2)18-12-7-4-3-6-11(12)14;/h3-4,6-7,10,15H,5,8-9H2,1-2H3,(H,16,17);1H. The van der Waals surface area contributed by atoms with Crippen LogP contribution in [0.5, 0.6) is 5.75 Å². The van der Waals surface area contributed by atoms with E-state index >= 15 is 0 Å². The average molecular weight is 307 g/mol. The van der Waals surface area contributed by atoms with Crippen molar-refractivity contribution >= 4 is 29.9 Å². The van der Waals surface area contributed by atoms with Gasteiger partial charge in [0.15, 0.2) is 6.10 Å². The first kappa shape index (κ1) is 18.0. The van der Waals surface area contributed by atoms with Gasteiger partial charge < -0.3 is 15.4 Å². The molecule has 0 radical (unpaired) electrons. The summed E-state index contributed by atoms with van der Waals surface area (Å²) in [6.45, 7) is 3.21. The maximum atomic E-state index is 11.7. The molecule has 0 fully saturated rings. The number of nitrogens with one attached hydrogen (secondary N) is 2. The maximum Gasteiger partial charge on any atom is 0.260 e. The zero-order valence-corrected chi connectivity index (χ0v) is 12.7. The molecule has 19 heavy (non-hydrogen) atoms. The molecule has 108 valence electrons. The number of carbonyl (C=O) groups is 1. The summed E-state index contributed by atoms with van der Waals surface area (Å²) in [5, 5.41) is 6.33. The number of ether oxygens (including phenoxy) is 1. The van der Waals surface area contributed by atoms with E-state index in [2.05, 4.69) is 10.6 Å². The van der Waals surface area contributed by atoms with Crippen LogP contribution in [0, 0.1) is 0 Å². The third-order valence-corrected chi connectivity index (χ3v) is 2.72. The second-order valence-electron chi connectivity index (χ2n) is 3.94. The highest BCUT2D eigenvalue weighted by Gasteiger charge is 2.14. The van der Waals surface area contributed by atoms with E-state index in [0.717, 1.165) is 13.0 Å². The van der Waals surface area contributed by atoms with Crippen LogP contribution in [-0.2, 0) is 4.79 Å². The Kier molecular flexibility index (Phi) is 9.39. The summed E-state index contributed by atoms with van der Waals surface area (Å²) in [4.78, 5) is 11.7. The van der Waals surface area contributed by atoms with Crippen molar-refractivity contribution in [1.82, 2.24) is 10.6 Å². The highest BCUT2D eigenvalue weighted by molar-refractivity contribution is 6.32. The van der Waals surface area contributed by atoms with Crippen LogP contribution < -0.4 is 15.4 Å². The third kappa shape index (κ3) is 6.66. The Morgan fingerprint density at radius 3 is 2.68 bits per heavy atom. The normalized spacial score (nSPS) is 11.3. The first-order valence-corrected chi connectivity index (χ1v) is 6.36. The molecule has 0 heterocycles. The Hall–Kier alpha value is -0.970. The van der Waals surface area contributed by atoms with Crippen LogP contribution in [0.4, 0.5) is 0 Å². The number of hydrogen-bond donors (Lipinski definition) is 2. The predicted molar refractivity (Wildman–Crippen MR) is 80.3 cm³/mol. The van der Waals surface area contributed by atoms with Crippen molar-refractivity contribution in [2.24, 2.45) is 0 Å². The topological polar surface area (TPSA) is 50.4 Å². The van der Waals surface area contributed by atoms with E-state index in [0.29, 0.717) is 17.3 Å². The fraction of sp³-hybridized carbons (Fsp3) is 0.462. The van der Waals surface area contributed by atoms with Crippen LogP contribution in [0.3, 0.4) is 0 Å². The molecule has 0 aromatic heterocycles. The van der Waals surface area contributed by atoms with E-state index < -0.39 is 6.10 Å². The van der Waals surface area contributed by atoms with E-state index in [4.69, 9.17) is 16.3 Å². The number of hydrogen-bond acceptors (Lipinski definition) is 3. The van der Waals surface area contributed by atoms with Gasteiger partial charge in [-0.25, -0.2) is 0 Å². The van der Waals surface area contributed by atoms with Gasteiger partial charge in [0.2, 0.25) is 0 Å². The summed E-state index contributed by atoms with van der Waals surface area (Å²) in [5.41, 5.74) is 0. The van der Waals surface area contributed by atoms with E-state index in [1.54, 1.807) is 19.1 Å². The summed E-state index contributed by atoms with van der Waals surface area (Å²) in [7, 11) is 1.88. The van der Waals surface area contributed by atoms with Gasteiger partial charge in [0.25, 0.3) is 5.91 Å². The van der Waals surface area contributed by atoms with Crippen LogP contribution in [0.1, 0.15) is 13.3 Å². The quantitative estimate of drug-likeness (QED) is 0.760. The molecular weight excluding hydrogens is 287 g/mol. The van der Waals surface area contributed by atoms with Crippen molar-refractivity contribution in [2.45, 2.75) is 19.4 Å². The molecule has 1 rings (SSSR count). The van der Waals surface area contributed by atoms with E-state index in [9.17, 15) is 4.79 Å². The molecule has 0 aliphatic rings. The van der Waals surface area contributed by atoms with Gasteiger partial charge in [-0.3, -0.25) is 4.79 Å². The summed E-state index contributed by atoms with van der Waals surface area (Å²) < 4.78 is 5.50. The molecule has 0 saturated heterocycles. The van der Waals surface area contributed by atoms with Crippen molar-refractivity contribution in [3.05, 3.63) is 29.3 Å². The molecule has 4 nitrogen and oxygen atoms in total. The zero-order valence-electron chi connectivity index (χ0n) is 11.1. The van der Waals surface area contributed by atoms with Gasteiger partial charge in [-0.05, 0) is 39.1 Å². The molecule has 6 heteroatoms. The highest BCUT2D eigenvalue weighted by Crippen LogP contribution is 2.24. The molecule has 1 amide bonds. The molecule has 1 atom stereocenters. The molecule has 2 N–H and O–H groups in total. The average Bonchev–Trinajstić information content (AvgIpc) is 2.37. The van der Waals surface area contributed by atoms with E-state index in [-0.39, 0.29) is 18.3 Å². The van der Waals surface area contributed by atoms with Crippen LogP contribution in [0.15, 0.2) is 24.3 Å². The molecule has 0 saturated carbocycles. The lowest BCUT2D eigenvalue weighted by Crippen LogP contribution is -2.37. The first-order chi connectivity index (χ1) is 8.65. The second-order valence-corrected chi connectivity index (χ2v) is 4.35. The first-order valence-electron chi connectivity index (χ1n) is 5.98. The molecule has 1 aromatic rings. The Balaban J connectivity index is 0.00000324. The number of amides is 1. The Morgan fingerprint density at radius 2 is 2.05 bits per heavy atom. The van der Waals surface area contributed by atoms with Crippen molar-refractivity contribution in [1.29, 1.82) is 0 Å². The van der Waals surface area contributed by atoms with Gasteiger partial charge in [-0.2, -0.15) is 0 Å². The minimum Gasteiger partial charge on any atom is -0.479 e. The van der Waals surface area contributed by atoms with Crippen molar-refractivity contribution in [2.75, 3.05) is 20.1 Å². The Morgan fingerprint density at radius 1 is 1.37 bits per heavy atom. The second kappa shape index (κ2) is 9.89.